The standard InChI is InChI=1S/C16H25N3O2/c1-2-10-18-11-3-4-15(9-12-18)17-13-14-5-7-16(8-6-14)19(20)21/h5-8,15,17H,2-4,9-13H2,1H3. The summed E-state index contributed by atoms with van der Waals surface area (Å²) in [6, 6.07) is 7.39. The van der Waals surface area contributed by atoms with Crippen LogP contribution in [-0.4, -0.2) is 35.5 Å². The average molecular weight is 291 g/mol. The van der Waals surface area contributed by atoms with Crippen molar-refractivity contribution >= 4 is 5.69 Å². The highest BCUT2D eigenvalue weighted by molar-refractivity contribution is 5.32. The summed E-state index contributed by atoms with van der Waals surface area (Å²) in [7, 11) is 0. The third-order valence-electron chi connectivity index (χ3n) is 4.10. The minimum Gasteiger partial charge on any atom is -0.310 e. The van der Waals surface area contributed by atoms with E-state index in [-0.39, 0.29) is 10.6 Å². The van der Waals surface area contributed by atoms with Crippen LogP contribution in [0.4, 0.5) is 5.69 Å². The molecule has 1 aliphatic heterocycles. The van der Waals surface area contributed by atoms with Gasteiger partial charge in [0, 0.05) is 24.7 Å². The second-order valence-corrected chi connectivity index (χ2v) is 5.77. The first kappa shape index (κ1) is 15.9. The lowest BCUT2D eigenvalue weighted by molar-refractivity contribution is -0.384. The average Bonchev–Trinajstić information content (AvgIpc) is 2.71. The van der Waals surface area contributed by atoms with Gasteiger partial charge < -0.3 is 10.2 Å². The third kappa shape index (κ3) is 5.10. The van der Waals surface area contributed by atoms with Crippen LogP contribution in [0.2, 0.25) is 0 Å². The second-order valence-electron chi connectivity index (χ2n) is 5.77. The van der Waals surface area contributed by atoms with Crippen LogP contribution in [0.5, 0.6) is 0 Å². The lowest BCUT2D eigenvalue weighted by Crippen LogP contribution is -2.30. The fourth-order valence-corrected chi connectivity index (χ4v) is 2.90. The number of nitrogens with zero attached hydrogens (tertiary/aromatic N) is 2. The lowest BCUT2D eigenvalue weighted by Gasteiger charge is -2.19. The van der Waals surface area contributed by atoms with Crippen molar-refractivity contribution in [3.05, 3.63) is 39.9 Å². The van der Waals surface area contributed by atoms with E-state index in [0.717, 1.165) is 12.1 Å². The first-order chi connectivity index (χ1) is 10.2. The van der Waals surface area contributed by atoms with Crippen LogP contribution in [0.15, 0.2) is 24.3 Å². The van der Waals surface area contributed by atoms with Crippen LogP contribution in [0, 0.1) is 10.1 Å². The molecule has 0 amide bonds. The molecule has 1 aromatic carbocycles. The Morgan fingerprint density at radius 1 is 1.29 bits per heavy atom. The Kier molecular flexibility index (Phi) is 6.14. The minimum atomic E-state index is -0.356. The number of likely N-dealkylation sites (tertiary alicyclic amines) is 1. The molecular weight excluding hydrogens is 266 g/mol. The van der Waals surface area contributed by atoms with Gasteiger partial charge in [-0.05, 0) is 50.9 Å². The molecule has 0 saturated carbocycles. The molecule has 1 saturated heterocycles. The summed E-state index contributed by atoms with van der Waals surface area (Å²) >= 11 is 0. The second kappa shape index (κ2) is 8.10. The zero-order valence-electron chi connectivity index (χ0n) is 12.8. The van der Waals surface area contributed by atoms with Crippen LogP contribution >= 0.6 is 0 Å². The van der Waals surface area contributed by atoms with Crippen LogP contribution in [0.25, 0.3) is 0 Å². The van der Waals surface area contributed by atoms with Crippen molar-refractivity contribution in [3.63, 3.8) is 0 Å². The summed E-state index contributed by atoms with van der Waals surface area (Å²) in [6.45, 7) is 6.61. The van der Waals surface area contributed by atoms with E-state index in [9.17, 15) is 10.1 Å². The molecule has 1 N–H and O–H groups in total. The van der Waals surface area contributed by atoms with Crippen LogP contribution in [-0.2, 0) is 6.54 Å². The van der Waals surface area contributed by atoms with E-state index < -0.39 is 0 Å². The van der Waals surface area contributed by atoms with E-state index >= 15 is 0 Å². The van der Waals surface area contributed by atoms with Gasteiger partial charge in [-0.15, -0.1) is 0 Å². The van der Waals surface area contributed by atoms with E-state index in [1.54, 1.807) is 12.1 Å². The number of nitro groups is 1. The van der Waals surface area contributed by atoms with Crippen molar-refractivity contribution < 1.29 is 4.92 Å². The monoisotopic (exact) mass is 291 g/mol. The Balaban J connectivity index is 1.78. The first-order valence-corrected chi connectivity index (χ1v) is 7.88. The maximum Gasteiger partial charge on any atom is 0.269 e. The van der Waals surface area contributed by atoms with Gasteiger partial charge in [0.05, 0.1) is 4.92 Å². The molecule has 0 spiro atoms. The predicted octanol–water partition coefficient (Wildman–Crippen LogP) is 2.95. The van der Waals surface area contributed by atoms with Gasteiger partial charge in [-0.3, -0.25) is 10.1 Å². The molecule has 5 nitrogen and oxygen atoms in total. The number of nitro benzene ring substituents is 1. The van der Waals surface area contributed by atoms with Gasteiger partial charge in [-0.2, -0.15) is 0 Å². The highest BCUT2D eigenvalue weighted by atomic mass is 16.6. The van der Waals surface area contributed by atoms with Crippen molar-refractivity contribution in [2.24, 2.45) is 0 Å². The summed E-state index contributed by atoms with van der Waals surface area (Å²) in [5, 5.41) is 14.2. The summed E-state index contributed by atoms with van der Waals surface area (Å²) in [5.41, 5.74) is 1.26. The molecule has 0 bridgehead atoms. The Bertz CT molecular complexity index is 447. The molecule has 0 radical (unpaired) electrons. The molecule has 1 aromatic rings. The van der Waals surface area contributed by atoms with E-state index in [0.29, 0.717) is 6.04 Å². The molecule has 5 heteroatoms. The summed E-state index contributed by atoms with van der Waals surface area (Å²) < 4.78 is 0. The Labute approximate surface area is 126 Å². The molecule has 1 aliphatic rings. The maximum absolute atomic E-state index is 10.6. The van der Waals surface area contributed by atoms with E-state index in [1.165, 1.54) is 45.3 Å². The van der Waals surface area contributed by atoms with Gasteiger partial charge in [0.15, 0.2) is 0 Å². The number of non-ortho nitro benzene ring substituents is 1. The topological polar surface area (TPSA) is 58.4 Å². The van der Waals surface area contributed by atoms with Gasteiger partial charge in [0.25, 0.3) is 5.69 Å². The van der Waals surface area contributed by atoms with Crippen molar-refractivity contribution in [3.8, 4) is 0 Å². The number of hydrogen-bond donors (Lipinski definition) is 1. The van der Waals surface area contributed by atoms with Gasteiger partial charge in [-0.25, -0.2) is 0 Å². The van der Waals surface area contributed by atoms with Gasteiger partial charge in [0.2, 0.25) is 0 Å². The highest BCUT2D eigenvalue weighted by Crippen LogP contribution is 2.14. The Morgan fingerprint density at radius 2 is 2.05 bits per heavy atom. The molecule has 21 heavy (non-hydrogen) atoms. The largest absolute Gasteiger partial charge is 0.310 e. The molecule has 0 aliphatic carbocycles. The highest BCUT2D eigenvalue weighted by Gasteiger charge is 2.16. The van der Waals surface area contributed by atoms with E-state index in [2.05, 4.69) is 17.1 Å². The smallest absolute Gasteiger partial charge is 0.269 e. The van der Waals surface area contributed by atoms with E-state index in [4.69, 9.17) is 0 Å². The molecule has 0 aromatic heterocycles. The van der Waals surface area contributed by atoms with Gasteiger partial charge in [-0.1, -0.05) is 19.1 Å². The third-order valence-corrected chi connectivity index (χ3v) is 4.10. The SMILES string of the molecule is CCCN1CCCC(NCc2ccc([N+](=O)[O-])cc2)CC1. The van der Waals surface area contributed by atoms with Gasteiger partial charge in [0.1, 0.15) is 0 Å². The summed E-state index contributed by atoms with van der Waals surface area (Å²) in [6.07, 6.45) is 4.87. The number of rotatable bonds is 6. The maximum atomic E-state index is 10.6. The summed E-state index contributed by atoms with van der Waals surface area (Å²) in [4.78, 5) is 12.8. The Morgan fingerprint density at radius 3 is 2.71 bits per heavy atom. The molecule has 2 rings (SSSR count). The van der Waals surface area contributed by atoms with Crippen molar-refractivity contribution in [1.82, 2.24) is 10.2 Å². The normalized spacial score (nSPS) is 20.1. The minimum absolute atomic E-state index is 0.156. The fourth-order valence-electron chi connectivity index (χ4n) is 2.90. The number of nitrogens with one attached hydrogen (secondary N) is 1. The molecule has 1 heterocycles. The number of benzene rings is 1. The fraction of sp³-hybridized carbons (Fsp3) is 0.625. The first-order valence-electron chi connectivity index (χ1n) is 7.88. The molecule has 1 fully saturated rings. The van der Waals surface area contributed by atoms with Crippen LogP contribution in [0.1, 0.15) is 38.2 Å². The molecule has 1 unspecified atom stereocenters. The number of hydrogen-bond acceptors (Lipinski definition) is 4. The van der Waals surface area contributed by atoms with Gasteiger partial charge >= 0.3 is 0 Å². The van der Waals surface area contributed by atoms with Crippen LogP contribution < -0.4 is 5.32 Å². The van der Waals surface area contributed by atoms with Crippen molar-refractivity contribution in [1.29, 1.82) is 0 Å². The van der Waals surface area contributed by atoms with Crippen LogP contribution in [0.3, 0.4) is 0 Å². The molecule has 1 atom stereocenters. The van der Waals surface area contributed by atoms with Crippen molar-refractivity contribution in [2.75, 3.05) is 19.6 Å². The molecular formula is C16H25N3O2. The molecule has 116 valence electrons. The van der Waals surface area contributed by atoms with Crippen molar-refractivity contribution in [2.45, 2.75) is 45.2 Å². The van der Waals surface area contributed by atoms with E-state index in [1.807, 2.05) is 12.1 Å². The quantitative estimate of drug-likeness (QED) is 0.646. The zero-order valence-corrected chi connectivity index (χ0v) is 12.8. The Hall–Kier alpha value is -1.46. The lowest BCUT2D eigenvalue weighted by atomic mass is 10.1. The zero-order chi connectivity index (χ0) is 15.1. The predicted molar refractivity (Wildman–Crippen MR) is 84.3 cm³/mol. The summed E-state index contributed by atoms with van der Waals surface area (Å²) in [5.74, 6) is 0.